The van der Waals surface area contributed by atoms with Gasteiger partial charge in [0.25, 0.3) is 0 Å². The van der Waals surface area contributed by atoms with Crippen LogP contribution in [0.15, 0.2) is 18.2 Å². The van der Waals surface area contributed by atoms with E-state index in [1.54, 1.807) is 0 Å². The zero-order valence-electron chi connectivity index (χ0n) is 14.3. The van der Waals surface area contributed by atoms with Crippen LogP contribution in [0.5, 0.6) is 0 Å². The van der Waals surface area contributed by atoms with Gasteiger partial charge in [-0.05, 0) is 37.1 Å². The zero-order valence-corrected chi connectivity index (χ0v) is 14.3. The second-order valence-electron chi connectivity index (χ2n) is 6.62. The number of carbonyl (C=O) groups is 2. The van der Waals surface area contributed by atoms with E-state index in [1.807, 2.05) is 36.9 Å². The van der Waals surface area contributed by atoms with Crippen molar-refractivity contribution in [1.29, 1.82) is 0 Å². The molecule has 25 heavy (non-hydrogen) atoms. The predicted octanol–water partition coefficient (Wildman–Crippen LogP) is 1.44. The van der Waals surface area contributed by atoms with Crippen LogP contribution in [-0.2, 0) is 29.5 Å². The van der Waals surface area contributed by atoms with Gasteiger partial charge in [-0.3, -0.25) is 14.3 Å². The molecule has 4 rings (SSSR count). The third-order valence-electron chi connectivity index (χ3n) is 4.92. The fourth-order valence-electron chi connectivity index (χ4n) is 3.73. The fraction of sp³-hybridized carbons (Fsp3) is 0.389. The van der Waals surface area contributed by atoms with E-state index in [1.165, 1.54) is 0 Å². The average Bonchev–Trinajstić information content (AvgIpc) is 2.89. The van der Waals surface area contributed by atoms with Gasteiger partial charge in [0.05, 0.1) is 5.69 Å². The standard InChI is InChI=1S/C18H21N5O2/c1-10-16-14(23(2)22-10)7-8-19-17(16)18(25)20-12-4-5-13-11(9-12)3-6-15(24)21-13/h4-5,9,17,19H,3,6-8H2,1-2H3,(H,20,25)(H,21,24). The molecule has 0 spiro atoms. The van der Waals surface area contributed by atoms with Gasteiger partial charge in [-0.15, -0.1) is 0 Å². The molecule has 2 aliphatic rings. The molecular formula is C18H21N5O2. The van der Waals surface area contributed by atoms with Gasteiger partial charge in [0, 0.05) is 49.1 Å². The van der Waals surface area contributed by atoms with Crippen LogP contribution in [0.2, 0.25) is 0 Å². The second-order valence-corrected chi connectivity index (χ2v) is 6.62. The lowest BCUT2D eigenvalue weighted by atomic mass is 9.97. The molecule has 1 aromatic carbocycles. The van der Waals surface area contributed by atoms with Crippen LogP contribution in [0.25, 0.3) is 0 Å². The summed E-state index contributed by atoms with van der Waals surface area (Å²) in [6.07, 6.45) is 2.04. The molecule has 1 aromatic heterocycles. The fourth-order valence-corrected chi connectivity index (χ4v) is 3.73. The summed E-state index contributed by atoms with van der Waals surface area (Å²) >= 11 is 0. The number of nitrogens with zero attached hydrogens (tertiary/aromatic N) is 2. The smallest absolute Gasteiger partial charge is 0.246 e. The molecule has 2 amide bonds. The van der Waals surface area contributed by atoms with E-state index in [-0.39, 0.29) is 11.8 Å². The molecule has 7 heteroatoms. The minimum atomic E-state index is -0.395. The molecule has 0 aliphatic carbocycles. The molecule has 3 heterocycles. The SMILES string of the molecule is Cc1nn(C)c2c1C(C(=O)Nc1ccc3c(c1)CCC(=O)N3)NCC2. The highest BCUT2D eigenvalue weighted by molar-refractivity contribution is 5.98. The van der Waals surface area contributed by atoms with Crippen LogP contribution in [0, 0.1) is 6.92 Å². The van der Waals surface area contributed by atoms with Crippen LogP contribution in [-0.4, -0.2) is 28.1 Å². The Morgan fingerprint density at radius 2 is 2.16 bits per heavy atom. The molecule has 2 aliphatic heterocycles. The number of anilines is 2. The molecule has 3 N–H and O–H groups in total. The Labute approximate surface area is 145 Å². The molecule has 130 valence electrons. The van der Waals surface area contributed by atoms with Crippen LogP contribution in [0.1, 0.15) is 35.0 Å². The van der Waals surface area contributed by atoms with Crippen molar-refractivity contribution < 1.29 is 9.59 Å². The summed E-state index contributed by atoms with van der Waals surface area (Å²) in [5.41, 5.74) is 5.61. The topological polar surface area (TPSA) is 88.0 Å². The van der Waals surface area contributed by atoms with Gasteiger partial charge < -0.3 is 16.0 Å². The van der Waals surface area contributed by atoms with E-state index in [0.29, 0.717) is 12.8 Å². The monoisotopic (exact) mass is 339 g/mol. The molecule has 0 fully saturated rings. The molecule has 7 nitrogen and oxygen atoms in total. The molecule has 1 unspecified atom stereocenters. The third-order valence-corrected chi connectivity index (χ3v) is 4.92. The summed E-state index contributed by atoms with van der Waals surface area (Å²) in [6, 6.07) is 5.21. The Hall–Kier alpha value is -2.67. The van der Waals surface area contributed by atoms with Crippen molar-refractivity contribution in [1.82, 2.24) is 15.1 Å². The van der Waals surface area contributed by atoms with E-state index >= 15 is 0 Å². The lowest BCUT2D eigenvalue weighted by Gasteiger charge is -2.25. The maximum atomic E-state index is 12.8. The Morgan fingerprint density at radius 3 is 3.00 bits per heavy atom. The highest BCUT2D eigenvalue weighted by Gasteiger charge is 2.31. The highest BCUT2D eigenvalue weighted by atomic mass is 16.2. The van der Waals surface area contributed by atoms with Crippen LogP contribution >= 0.6 is 0 Å². The molecule has 0 radical (unpaired) electrons. The van der Waals surface area contributed by atoms with E-state index in [4.69, 9.17) is 0 Å². The Kier molecular flexibility index (Phi) is 3.80. The summed E-state index contributed by atoms with van der Waals surface area (Å²) < 4.78 is 1.87. The third kappa shape index (κ3) is 2.80. The lowest BCUT2D eigenvalue weighted by molar-refractivity contribution is -0.118. The van der Waals surface area contributed by atoms with Gasteiger partial charge >= 0.3 is 0 Å². The molecule has 2 aromatic rings. The number of aryl methyl sites for hydroxylation is 3. The first-order valence-electron chi connectivity index (χ1n) is 8.52. The average molecular weight is 339 g/mol. The molecular weight excluding hydrogens is 318 g/mol. The number of nitrogens with one attached hydrogen (secondary N) is 3. The Balaban J connectivity index is 1.57. The Bertz CT molecular complexity index is 871. The van der Waals surface area contributed by atoms with Gasteiger partial charge in [0.15, 0.2) is 0 Å². The van der Waals surface area contributed by atoms with Crippen molar-refractivity contribution in [3.8, 4) is 0 Å². The van der Waals surface area contributed by atoms with Crippen molar-refractivity contribution in [2.45, 2.75) is 32.2 Å². The number of fused-ring (bicyclic) bond motifs is 2. The van der Waals surface area contributed by atoms with Gasteiger partial charge in [0.2, 0.25) is 11.8 Å². The Morgan fingerprint density at radius 1 is 1.32 bits per heavy atom. The van der Waals surface area contributed by atoms with E-state index in [2.05, 4.69) is 21.0 Å². The van der Waals surface area contributed by atoms with Gasteiger partial charge in [-0.25, -0.2) is 0 Å². The molecule has 0 bridgehead atoms. The highest BCUT2D eigenvalue weighted by Crippen LogP contribution is 2.29. The summed E-state index contributed by atoms with van der Waals surface area (Å²) in [7, 11) is 1.92. The first-order valence-corrected chi connectivity index (χ1v) is 8.52. The lowest BCUT2D eigenvalue weighted by Crippen LogP contribution is -2.38. The van der Waals surface area contributed by atoms with E-state index < -0.39 is 6.04 Å². The number of amides is 2. The van der Waals surface area contributed by atoms with Crippen LogP contribution < -0.4 is 16.0 Å². The van der Waals surface area contributed by atoms with Crippen molar-refractivity contribution in [3.05, 3.63) is 40.7 Å². The number of benzene rings is 1. The number of hydrogen-bond donors (Lipinski definition) is 3. The second kappa shape index (κ2) is 6.00. The first kappa shape index (κ1) is 15.8. The largest absolute Gasteiger partial charge is 0.326 e. The number of carbonyl (C=O) groups excluding carboxylic acids is 2. The maximum absolute atomic E-state index is 12.8. The normalized spacial score (nSPS) is 19.0. The summed E-state index contributed by atoms with van der Waals surface area (Å²) in [4.78, 5) is 24.3. The number of rotatable bonds is 2. The maximum Gasteiger partial charge on any atom is 0.246 e. The van der Waals surface area contributed by atoms with Crippen molar-refractivity contribution in [3.63, 3.8) is 0 Å². The zero-order chi connectivity index (χ0) is 17.6. The minimum absolute atomic E-state index is 0.0373. The number of hydrogen-bond acceptors (Lipinski definition) is 4. The van der Waals surface area contributed by atoms with Crippen molar-refractivity contribution in [2.24, 2.45) is 7.05 Å². The van der Waals surface area contributed by atoms with Crippen LogP contribution in [0.4, 0.5) is 11.4 Å². The molecule has 0 saturated carbocycles. The quantitative estimate of drug-likeness (QED) is 0.772. The van der Waals surface area contributed by atoms with E-state index in [0.717, 1.165) is 46.9 Å². The van der Waals surface area contributed by atoms with Crippen molar-refractivity contribution >= 4 is 23.2 Å². The van der Waals surface area contributed by atoms with Gasteiger partial charge in [-0.1, -0.05) is 0 Å². The summed E-state index contributed by atoms with van der Waals surface area (Å²) in [6.45, 7) is 2.69. The minimum Gasteiger partial charge on any atom is -0.326 e. The van der Waals surface area contributed by atoms with Crippen molar-refractivity contribution in [2.75, 3.05) is 17.2 Å². The molecule has 1 atom stereocenters. The van der Waals surface area contributed by atoms with Gasteiger partial charge in [-0.2, -0.15) is 5.10 Å². The summed E-state index contributed by atoms with van der Waals surface area (Å²) in [5, 5.41) is 13.6. The summed E-state index contributed by atoms with van der Waals surface area (Å²) in [5.74, 6) is -0.0490. The predicted molar refractivity (Wildman–Crippen MR) is 94.4 cm³/mol. The van der Waals surface area contributed by atoms with Gasteiger partial charge in [0.1, 0.15) is 6.04 Å². The van der Waals surface area contributed by atoms with E-state index in [9.17, 15) is 9.59 Å². The first-order chi connectivity index (χ1) is 12.0. The number of aromatic nitrogens is 2. The molecule has 0 saturated heterocycles. The van der Waals surface area contributed by atoms with Crippen LogP contribution in [0.3, 0.4) is 0 Å².